The Balaban J connectivity index is 2.24. The number of benzene rings is 1. The summed E-state index contributed by atoms with van der Waals surface area (Å²) < 4.78 is 10.2. The SMILES string of the molecule is COC(=O)c1cc(NC(=O)c2ncoc2C)ccc1Br. The molecule has 0 bridgehead atoms. The molecule has 0 unspecified atom stereocenters. The Hall–Kier alpha value is -2.15. The van der Waals surface area contributed by atoms with E-state index in [0.717, 1.165) is 0 Å². The number of amides is 1. The quantitative estimate of drug-likeness (QED) is 0.870. The van der Waals surface area contributed by atoms with Gasteiger partial charge < -0.3 is 14.5 Å². The van der Waals surface area contributed by atoms with Crippen molar-refractivity contribution in [2.24, 2.45) is 0 Å². The molecule has 0 fully saturated rings. The van der Waals surface area contributed by atoms with E-state index >= 15 is 0 Å². The molecule has 1 aromatic carbocycles. The summed E-state index contributed by atoms with van der Waals surface area (Å²) in [5, 5.41) is 2.64. The molecule has 1 heterocycles. The van der Waals surface area contributed by atoms with Gasteiger partial charge in [0.1, 0.15) is 5.76 Å². The first-order chi connectivity index (χ1) is 9.52. The minimum absolute atomic E-state index is 0.201. The van der Waals surface area contributed by atoms with E-state index in [2.05, 4.69) is 31.0 Å². The van der Waals surface area contributed by atoms with Crippen molar-refractivity contribution in [1.29, 1.82) is 0 Å². The molecule has 2 rings (SSSR count). The zero-order valence-electron chi connectivity index (χ0n) is 10.8. The van der Waals surface area contributed by atoms with Crippen LogP contribution in [0.5, 0.6) is 0 Å². The van der Waals surface area contributed by atoms with Crippen LogP contribution in [0.25, 0.3) is 0 Å². The Labute approximate surface area is 123 Å². The van der Waals surface area contributed by atoms with Gasteiger partial charge in [-0.3, -0.25) is 4.79 Å². The third kappa shape index (κ3) is 2.88. The molecule has 0 saturated heterocycles. The lowest BCUT2D eigenvalue weighted by atomic mass is 10.2. The molecule has 20 heavy (non-hydrogen) atoms. The van der Waals surface area contributed by atoms with Crippen molar-refractivity contribution >= 4 is 33.5 Å². The van der Waals surface area contributed by atoms with Gasteiger partial charge in [0.25, 0.3) is 5.91 Å². The summed E-state index contributed by atoms with van der Waals surface area (Å²) in [5.41, 5.74) is 0.982. The molecule has 0 aliphatic heterocycles. The van der Waals surface area contributed by atoms with Crippen molar-refractivity contribution in [3.05, 3.63) is 46.1 Å². The molecule has 0 aliphatic carbocycles. The summed E-state index contributed by atoms with van der Waals surface area (Å²) in [7, 11) is 1.29. The molecule has 1 N–H and O–H groups in total. The number of aromatic nitrogens is 1. The predicted octanol–water partition coefficient (Wildman–Crippen LogP) is 2.78. The fourth-order valence-corrected chi connectivity index (χ4v) is 1.99. The molecule has 1 aromatic heterocycles. The van der Waals surface area contributed by atoms with Gasteiger partial charge in [0.15, 0.2) is 12.1 Å². The predicted molar refractivity (Wildman–Crippen MR) is 74.7 cm³/mol. The summed E-state index contributed by atoms with van der Waals surface area (Å²) in [6.07, 6.45) is 1.20. The van der Waals surface area contributed by atoms with Crippen LogP contribution in [0.15, 0.2) is 33.5 Å². The van der Waals surface area contributed by atoms with Gasteiger partial charge in [0, 0.05) is 10.2 Å². The first-order valence-corrected chi connectivity index (χ1v) is 6.41. The van der Waals surface area contributed by atoms with Gasteiger partial charge in [-0.05, 0) is 41.1 Å². The fraction of sp³-hybridized carbons (Fsp3) is 0.154. The number of ether oxygens (including phenoxy) is 1. The van der Waals surface area contributed by atoms with Crippen LogP contribution in [0.1, 0.15) is 26.6 Å². The molecule has 0 atom stereocenters. The zero-order valence-corrected chi connectivity index (χ0v) is 12.4. The van der Waals surface area contributed by atoms with E-state index in [1.165, 1.54) is 19.6 Å². The second-order valence-corrected chi connectivity index (χ2v) is 4.75. The van der Waals surface area contributed by atoms with E-state index in [4.69, 9.17) is 4.42 Å². The van der Waals surface area contributed by atoms with Crippen LogP contribution >= 0.6 is 15.9 Å². The standard InChI is InChI=1S/C13H11BrN2O4/c1-7-11(15-6-20-7)12(17)16-8-3-4-10(14)9(5-8)13(18)19-2/h3-6H,1-2H3,(H,16,17). The second-order valence-electron chi connectivity index (χ2n) is 3.90. The lowest BCUT2D eigenvalue weighted by Gasteiger charge is -2.07. The van der Waals surface area contributed by atoms with Crippen LogP contribution < -0.4 is 5.32 Å². The van der Waals surface area contributed by atoms with Gasteiger partial charge in [0.2, 0.25) is 0 Å². The average molecular weight is 339 g/mol. The van der Waals surface area contributed by atoms with Crippen molar-refractivity contribution in [3.63, 3.8) is 0 Å². The molecule has 0 radical (unpaired) electrons. The number of carbonyl (C=O) groups is 2. The molecule has 6 nitrogen and oxygen atoms in total. The van der Waals surface area contributed by atoms with E-state index in [1.807, 2.05) is 0 Å². The Morgan fingerprint density at radius 3 is 2.75 bits per heavy atom. The zero-order chi connectivity index (χ0) is 14.7. The van der Waals surface area contributed by atoms with Crippen LogP contribution in [-0.4, -0.2) is 24.0 Å². The fourth-order valence-electron chi connectivity index (χ4n) is 1.58. The number of nitrogens with zero attached hydrogens (tertiary/aromatic N) is 1. The number of halogens is 1. The summed E-state index contributed by atoms with van der Waals surface area (Å²) in [4.78, 5) is 27.4. The molecule has 0 aliphatic rings. The molecular formula is C13H11BrN2O4. The number of nitrogens with one attached hydrogen (secondary N) is 1. The first-order valence-electron chi connectivity index (χ1n) is 5.62. The van der Waals surface area contributed by atoms with Gasteiger partial charge in [0.05, 0.1) is 12.7 Å². The van der Waals surface area contributed by atoms with Gasteiger partial charge in [-0.1, -0.05) is 0 Å². The molecule has 0 saturated carbocycles. The third-order valence-corrected chi connectivity index (χ3v) is 3.28. The van der Waals surface area contributed by atoms with E-state index in [-0.39, 0.29) is 5.69 Å². The molecular weight excluding hydrogens is 328 g/mol. The molecule has 7 heteroatoms. The van der Waals surface area contributed by atoms with Crippen molar-refractivity contribution < 1.29 is 18.7 Å². The Kier molecular flexibility index (Phi) is 4.19. The third-order valence-electron chi connectivity index (χ3n) is 2.59. The lowest BCUT2D eigenvalue weighted by molar-refractivity contribution is 0.0599. The smallest absolute Gasteiger partial charge is 0.339 e. The van der Waals surface area contributed by atoms with Crippen LogP contribution in [0, 0.1) is 6.92 Å². The molecule has 104 valence electrons. The van der Waals surface area contributed by atoms with E-state index in [9.17, 15) is 9.59 Å². The topological polar surface area (TPSA) is 81.4 Å². The summed E-state index contributed by atoms with van der Waals surface area (Å²) >= 11 is 3.25. The number of carbonyl (C=O) groups excluding carboxylic acids is 2. The molecule has 0 spiro atoms. The summed E-state index contributed by atoms with van der Waals surface area (Å²) in [6, 6.07) is 4.82. The summed E-state index contributed by atoms with van der Waals surface area (Å²) in [5.74, 6) is -0.479. The van der Waals surface area contributed by atoms with Crippen molar-refractivity contribution in [3.8, 4) is 0 Å². The van der Waals surface area contributed by atoms with E-state index in [0.29, 0.717) is 21.5 Å². The van der Waals surface area contributed by atoms with Gasteiger partial charge in [-0.2, -0.15) is 0 Å². The normalized spacial score (nSPS) is 10.2. The van der Waals surface area contributed by atoms with Gasteiger partial charge >= 0.3 is 5.97 Å². The summed E-state index contributed by atoms with van der Waals surface area (Å²) in [6.45, 7) is 1.64. The highest BCUT2D eigenvalue weighted by Gasteiger charge is 2.16. The number of rotatable bonds is 3. The maximum Gasteiger partial charge on any atom is 0.339 e. The minimum atomic E-state index is -0.495. The van der Waals surface area contributed by atoms with Crippen LogP contribution in [-0.2, 0) is 4.74 Å². The Morgan fingerprint density at radius 1 is 1.40 bits per heavy atom. The first kappa shape index (κ1) is 14.3. The lowest BCUT2D eigenvalue weighted by Crippen LogP contribution is -2.14. The average Bonchev–Trinajstić information content (AvgIpc) is 2.86. The highest BCUT2D eigenvalue weighted by molar-refractivity contribution is 9.10. The Bertz CT molecular complexity index is 666. The number of anilines is 1. The van der Waals surface area contributed by atoms with Crippen LogP contribution in [0.3, 0.4) is 0 Å². The number of esters is 1. The highest BCUT2D eigenvalue weighted by Crippen LogP contribution is 2.22. The number of hydrogen-bond donors (Lipinski definition) is 1. The van der Waals surface area contributed by atoms with Gasteiger partial charge in [-0.15, -0.1) is 0 Å². The number of hydrogen-bond acceptors (Lipinski definition) is 5. The Morgan fingerprint density at radius 2 is 2.15 bits per heavy atom. The van der Waals surface area contributed by atoms with Crippen LogP contribution in [0.4, 0.5) is 5.69 Å². The van der Waals surface area contributed by atoms with Gasteiger partial charge in [-0.25, -0.2) is 9.78 Å². The maximum atomic E-state index is 12.0. The van der Waals surface area contributed by atoms with E-state index < -0.39 is 11.9 Å². The minimum Gasteiger partial charge on any atom is -0.465 e. The van der Waals surface area contributed by atoms with E-state index in [1.54, 1.807) is 19.1 Å². The van der Waals surface area contributed by atoms with Crippen molar-refractivity contribution in [2.45, 2.75) is 6.92 Å². The molecule has 2 aromatic rings. The number of methoxy groups -OCH3 is 1. The number of oxazole rings is 1. The van der Waals surface area contributed by atoms with Crippen molar-refractivity contribution in [2.75, 3.05) is 12.4 Å². The van der Waals surface area contributed by atoms with Crippen molar-refractivity contribution in [1.82, 2.24) is 4.98 Å². The molecule has 1 amide bonds. The monoisotopic (exact) mass is 338 g/mol. The van der Waals surface area contributed by atoms with Crippen LogP contribution in [0.2, 0.25) is 0 Å². The second kappa shape index (κ2) is 5.87. The largest absolute Gasteiger partial charge is 0.465 e. The highest BCUT2D eigenvalue weighted by atomic mass is 79.9. The number of aryl methyl sites for hydroxylation is 1. The maximum absolute atomic E-state index is 12.0.